The molecular formula is C15H14BrClN2O. The average Bonchev–Trinajstić information content (AvgIpc) is 2.41. The van der Waals surface area contributed by atoms with E-state index in [1.807, 2.05) is 24.3 Å². The molecule has 1 aromatic heterocycles. The van der Waals surface area contributed by atoms with E-state index in [1.54, 1.807) is 12.1 Å². The summed E-state index contributed by atoms with van der Waals surface area (Å²) in [5, 5.41) is 3.19. The van der Waals surface area contributed by atoms with Crippen molar-refractivity contribution in [3.05, 3.63) is 57.3 Å². The van der Waals surface area contributed by atoms with Crippen LogP contribution in [0, 0.1) is 0 Å². The number of nitrogens with one attached hydrogen (secondary N) is 1. The van der Waals surface area contributed by atoms with E-state index in [0.29, 0.717) is 10.7 Å². The van der Waals surface area contributed by atoms with E-state index in [-0.39, 0.29) is 5.91 Å². The number of hydrogen-bond donors (Lipinski definition) is 1. The van der Waals surface area contributed by atoms with Gasteiger partial charge in [0.2, 0.25) is 0 Å². The minimum Gasteiger partial charge on any atom is -0.321 e. The normalized spacial score (nSPS) is 10.3. The molecule has 0 fully saturated rings. The second-order valence-electron chi connectivity index (χ2n) is 4.35. The standard InChI is InChI=1S/C15H14BrClN2O/c1-2-5-11-8-10(9-14(17)18-11)15(20)19-13-7-4-3-6-12(13)16/h3-4,6-9H,2,5H2,1H3,(H,19,20). The van der Waals surface area contributed by atoms with Crippen LogP contribution in [0.4, 0.5) is 5.69 Å². The number of amides is 1. The summed E-state index contributed by atoms with van der Waals surface area (Å²) >= 11 is 9.36. The van der Waals surface area contributed by atoms with Crippen molar-refractivity contribution in [2.75, 3.05) is 5.32 Å². The van der Waals surface area contributed by atoms with Crippen LogP contribution in [-0.4, -0.2) is 10.9 Å². The number of nitrogens with zero attached hydrogens (tertiary/aromatic N) is 1. The zero-order valence-corrected chi connectivity index (χ0v) is 13.3. The summed E-state index contributed by atoms with van der Waals surface area (Å²) in [6, 6.07) is 10.8. The molecule has 104 valence electrons. The molecule has 20 heavy (non-hydrogen) atoms. The molecule has 0 unspecified atom stereocenters. The molecule has 5 heteroatoms. The summed E-state index contributed by atoms with van der Waals surface area (Å²) in [5.41, 5.74) is 2.07. The predicted octanol–water partition coefficient (Wildman–Crippen LogP) is 4.70. The predicted molar refractivity (Wildman–Crippen MR) is 85.3 cm³/mol. The number of rotatable bonds is 4. The number of aryl methyl sites for hydroxylation is 1. The number of carbonyl (C=O) groups excluding carboxylic acids is 1. The number of anilines is 1. The van der Waals surface area contributed by atoms with Gasteiger partial charge in [-0.15, -0.1) is 0 Å². The fourth-order valence-corrected chi connectivity index (χ4v) is 2.43. The number of benzene rings is 1. The Morgan fingerprint density at radius 2 is 2.10 bits per heavy atom. The van der Waals surface area contributed by atoms with Crippen molar-refractivity contribution in [3.8, 4) is 0 Å². The molecule has 0 aliphatic heterocycles. The zero-order chi connectivity index (χ0) is 14.5. The number of hydrogen-bond acceptors (Lipinski definition) is 2. The molecule has 2 aromatic rings. The first-order valence-corrected chi connectivity index (χ1v) is 7.49. The molecule has 1 amide bonds. The lowest BCUT2D eigenvalue weighted by molar-refractivity contribution is 0.102. The summed E-state index contributed by atoms with van der Waals surface area (Å²) < 4.78 is 0.835. The Balaban J connectivity index is 2.23. The number of carbonyl (C=O) groups is 1. The zero-order valence-electron chi connectivity index (χ0n) is 11.0. The third-order valence-corrected chi connectivity index (χ3v) is 3.62. The summed E-state index contributed by atoms with van der Waals surface area (Å²) in [5.74, 6) is -0.196. The lowest BCUT2D eigenvalue weighted by Gasteiger charge is -2.08. The maximum Gasteiger partial charge on any atom is 0.255 e. The van der Waals surface area contributed by atoms with E-state index in [1.165, 1.54) is 0 Å². The topological polar surface area (TPSA) is 42.0 Å². The van der Waals surface area contributed by atoms with Crippen LogP contribution in [0.5, 0.6) is 0 Å². The summed E-state index contributed by atoms with van der Waals surface area (Å²) in [4.78, 5) is 16.5. The van der Waals surface area contributed by atoms with Gasteiger partial charge in [0.25, 0.3) is 5.91 Å². The highest BCUT2D eigenvalue weighted by Gasteiger charge is 2.10. The number of halogens is 2. The van der Waals surface area contributed by atoms with Crippen molar-refractivity contribution in [3.63, 3.8) is 0 Å². The monoisotopic (exact) mass is 352 g/mol. The lowest BCUT2D eigenvalue weighted by Crippen LogP contribution is -2.13. The molecule has 1 N–H and O–H groups in total. The Labute approximate surface area is 131 Å². The van der Waals surface area contributed by atoms with E-state index >= 15 is 0 Å². The van der Waals surface area contributed by atoms with Gasteiger partial charge in [0.05, 0.1) is 5.69 Å². The molecule has 0 saturated heterocycles. The summed E-state index contributed by atoms with van der Waals surface area (Å²) in [6.45, 7) is 2.06. The molecule has 0 spiro atoms. The van der Waals surface area contributed by atoms with Crippen LogP contribution in [0.25, 0.3) is 0 Å². The molecule has 0 aliphatic carbocycles. The Bertz CT molecular complexity index is 631. The lowest BCUT2D eigenvalue weighted by atomic mass is 10.1. The molecule has 1 aromatic carbocycles. The Hall–Kier alpha value is -1.39. The van der Waals surface area contributed by atoms with Gasteiger partial charge < -0.3 is 5.32 Å². The molecular weight excluding hydrogens is 340 g/mol. The number of para-hydroxylation sites is 1. The van der Waals surface area contributed by atoms with E-state index in [9.17, 15) is 4.79 Å². The van der Waals surface area contributed by atoms with Gasteiger partial charge in [0, 0.05) is 15.7 Å². The van der Waals surface area contributed by atoms with Crippen molar-refractivity contribution in [1.29, 1.82) is 0 Å². The molecule has 0 bridgehead atoms. The quantitative estimate of drug-likeness (QED) is 0.809. The maximum absolute atomic E-state index is 12.3. The van der Waals surface area contributed by atoms with Gasteiger partial charge in [0.1, 0.15) is 5.15 Å². The van der Waals surface area contributed by atoms with Crippen LogP contribution in [0.3, 0.4) is 0 Å². The van der Waals surface area contributed by atoms with Gasteiger partial charge in [-0.2, -0.15) is 0 Å². The van der Waals surface area contributed by atoms with Crippen molar-refractivity contribution < 1.29 is 4.79 Å². The second kappa shape index (κ2) is 6.86. The molecule has 0 atom stereocenters. The smallest absolute Gasteiger partial charge is 0.255 e. The highest BCUT2D eigenvalue weighted by atomic mass is 79.9. The van der Waals surface area contributed by atoms with Gasteiger partial charge in [-0.1, -0.05) is 37.1 Å². The van der Waals surface area contributed by atoms with Crippen LogP contribution < -0.4 is 5.32 Å². The van der Waals surface area contributed by atoms with Gasteiger partial charge in [-0.05, 0) is 46.6 Å². The fraction of sp³-hybridized carbons (Fsp3) is 0.200. The summed E-state index contributed by atoms with van der Waals surface area (Å²) in [6.07, 6.45) is 1.76. The highest BCUT2D eigenvalue weighted by molar-refractivity contribution is 9.10. The second-order valence-corrected chi connectivity index (χ2v) is 5.60. The van der Waals surface area contributed by atoms with Crippen LogP contribution in [0.15, 0.2) is 40.9 Å². The van der Waals surface area contributed by atoms with E-state index in [2.05, 4.69) is 33.2 Å². The average molecular weight is 354 g/mol. The molecule has 0 radical (unpaired) electrons. The first kappa shape index (κ1) is 15.0. The van der Waals surface area contributed by atoms with E-state index in [0.717, 1.165) is 28.7 Å². The Morgan fingerprint density at radius 3 is 2.80 bits per heavy atom. The number of aromatic nitrogens is 1. The third kappa shape index (κ3) is 3.81. The van der Waals surface area contributed by atoms with E-state index in [4.69, 9.17) is 11.6 Å². The minimum atomic E-state index is -0.196. The molecule has 2 rings (SSSR count). The van der Waals surface area contributed by atoms with Gasteiger partial charge in [-0.3, -0.25) is 4.79 Å². The molecule has 1 heterocycles. The largest absolute Gasteiger partial charge is 0.321 e. The highest BCUT2D eigenvalue weighted by Crippen LogP contribution is 2.22. The van der Waals surface area contributed by atoms with Gasteiger partial charge in [-0.25, -0.2) is 4.98 Å². The van der Waals surface area contributed by atoms with Crippen LogP contribution in [-0.2, 0) is 6.42 Å². The minimum absolute atomic E-state index is 0.196. The van der Waals surface area contributed by atoms with Crippen molar-refractivity contribution in [2.45, 2.75) is 19.8 Å². The fourth-order valence-electron chi connectivity index (χ4n) is 1.82. The van der Waals surface area contributed by atoms with E-state index < -0.39 is 0 Å². The Morgan fingerprint density at radius 1 is 1.35 bits per heavy atom. The summed E-state index contributed by atoms with van der Waals surface area (Å²) in [7, 11) is 0. The van der Waals surface area contributed by atoms with Crippen LogP contribution >= 0.6 is 27.5 Å². The van der Waals surface area contributed by atoms with Crippen LogP contribution in [0.1, 0.15) is 29.4 Å². The first-order valence-electron chi connectivity index (χ1n) is 6.32. The van der Waals surface area contributed by atoms with Crippen LogP contribution in [0.2, 0.25) is 5.15 Å². The van der Waals surface area contributed by atoms with Crippen molar-refractivity contribution in [1.82, 2.24) is 4.98 Å². The molecule has 0 saturated carbocycles. The van der Waals surface area contributed by atoms with Gasteiger partial charge >= 0.3 is 0 Å². The molecule has 0 aliphatic rings. The SMILES string of the molecule is CCCc1cc(C(=O)Nc2ccccc2Br)cc(Cl)n1. The van der Waals surface area contributed by atoms with Gasteiger partial charge in [0.15, 0.2) is 0 Å². The van der Waals surface area contributed by atoms with Crippen molar-refractivity contribution in [2.24, 2.45) is 0 Å². The van der Waals surface area contributed by atoms with Crippen molar-refractivity contribution >= 4 is 39.1 Å². The number of pyridine rings is 1. The Kier molecular flexibility index (Phi) is 5.15. The maximum atomic E-state index is 12.3. The molecule has 3 nitrogen and oxygen atoms in total. The first-order chi connectivity index (χ1) is 9.60. The third-order valence-electron chi connectivity index (χ3n) is 2.74.